The van der Waals surface area contributed by atoms with Gasteiger partial charge in [-0.25, -0.2) is 0 Å². The lowest BCUT2D eigenvalue weighted by Gasteiger charge is -2.28. The molecule has 0 aliphatic carbocycles. The van der Waals surface area contributed by atoms with Crippen molar-refractivity contribution in [1.82, 2.24) is 10.3 Å². The Morgan fingerprint density at radius 3 is 3.12 bits per heavy atom. The predicted molar refractivity (Wildman–Crippen MR) is 58.5 cm³/mol. The highest BCUT2D eigenvalue weighted by Gasteiger charge is 2.21. The second-order valence-corrected chi connectivity index (χ2v) is 4.10. The molecule has 1 saturated heterocycles. The van der Waals surface area contributed by atoms with Crippen molar-refractivity contribution in [1.29, 1.82) is 0 Å². The van der Waals surface area contributed by atoms with Crippen LogP contribution in [-0.2, 0) is 11.2 Å². The van der Waals surface area contributed by atoms with Crippen LogP contribution in [-0.4, -0.2) is 36.7 Å². The molecule has 16 heavy (non-hydrogen) atoms. The summed E-state index contributed by atoms with van der Waals surface area (Å²) in [6.07, 6.45) is 2.60. The Morgan fingerprint density at radius 2 is 2.38 bits per heavy atom. The number of anilines is 1. The van der Waals surface area contributed by atoms with Crippen LogP contribution in [0.25, 0.3) is 0 Å². The van der Waals surface area contributed by atoms with E-state index in [2.05, 4.69) is 15.6 Å². The Hall–Kier alpha value is -1.62. The Kier molecular flexibility index (Phi) is 2.25. The van der Waals surface area contributed by atoms with E-state index >= 15 is 0 Å². The van der Waals surface area contributed by atoms with Gasteiger partial charge < -0.3 is 15.4 Å². The lowest BCUT2D eigenvalue weighted by atomic mass is 10.1. The molecule has 1 amide bonds. The number of carbonyl (C=O) groups is 1. The van der Waals surface area contributed by atoms with Gasteiger partial charge in [0.05, 0.1) is 42.4 Å². The maximum atomic E-state index is 11.6. The number of hydrogen-bond acceptors (Lipinski definition) is 4. The molecule has 3 rings (SSSR count). The van der Waals surface area contributed by atoms with Crippen molar-refractivity contribution in [2.45, 2.75) is 12.5 Å². The van der Waals surface area contributed by atoms with Crippen LogP contribution in [0.3, 0.4) is 0 Å². The molecule has 3 heterocycles. The van der Waals surface area contributed by atoms with E-state index < -0.39 is 0 Å². The van der Waals surface area contributed by atoms with Gasteiger partial charge in [-0.05, 0) is 6.07 Å². The van der Waals surface area contributed by atoms with Gasteiger partial charge in [0.2, 0.25) is 0 Å². The third-order valence-electron chi connectivity index (χ3n) is 2.87. The van der Waals surface area contributed by atoms with Gasteiger partial charge in [0.15, 0.2) is 0 Å². The first-order valence-corrected chi connectivity index (χ1v) is 5.44. The molecule has 0 atom stereocenters. The van der Waals surface area contributed by atoms with E-state index in [-0.39, 0.29) is 5.91 Å². The smallest absolute Gasteiger partial charge is 0.253 e. The molecule has 84 valence electrons. The van der Waals surface area contributed by atoms with Crippen molar-refractivity contribution in [3.63, 3.8) is 0 Å². The normalized spacial score (nSPS) is 19.6. The molecule has 2 N–H and O–H groups in total. The first kappa shape index (κ1) is 9.59. The second kappa shape index (κ2) is 3.75. The van der Waals surface area contributed by atoms with Crippen molar-refractivity contribution in [2.75, 3.05) is 25.1 Å². The number of aromatic nitrogens is 1. The molecule has 0 spiro atoms. The molecule has 0 unspecified atom stereocenters. The van der Waals surface area contributed by atoms with E-state index in [0.29, 0.717) is 18.2 Å². The first-order valence-electron chi connectivity index (χ1n) is 5.44. The third-order valence-corrected chi connectivity index (χ3v) is 2.87. The summed E-state index contributed by atoms with van der Waals surface area (Å²) in [7, 11) is 0. The van der Waals surface area contributed by atoms with Crippen molar-refractivity contribution >= 4 is 11.6 Å². The highest BCUT2D eigenvalue weighted by Crippen LogP contribution is 2.18. The molecule has 1 aromatic heterocycles. The summed E-state index contributed by atoms with van der Waals surface area (Å²) in [6, 6.07) is 2.22. The number of nitrogens with zero attached hydrogens (tertiary/aromatic N) is 1. The van der Waals surface area contributed by atoms with Crippen LogP contribution in [0.15, 0.2) is 12.3 Å². The second-order valence-electron chi connectivity index (χ2n) is 4.10. The van der Waals surface area contributed by atoms with Crippen LogP contribution < -0.4 is 10.6 Å². The fourth-order valence-corrected chi connectivity index (χ4v) is 1.91. The van der Waals surface area contributed by atoms with E-state index in [1.807, 2.05) is 6.07 Å². The van der Waals surface area contributed by atoms with Gasteiger partial charge in [-0.1, -0.05) is 0 Å². The van der Waals surface area contributed by atoms with Gasteiger partial charge >= 0.3 is 0 Å². The Bertz CT molecular complexity index is 429. The average Bonchev–Trinajstić information content (AvgIpc) is 2.24. The van der Waals surface area contributed by atoms with Crippen LogP contribution in [0, 0.1) is 0 Å². The molecule has 2 aliphatic heterocycles. The highest BCUT2D eigenvalue weighted by atomic mass is 16.5. The topological polar surface area (TPSA) is 63.2 Å². The van der Waals surface area contributed by atoms with Crippen LogP contribution in [0.2, 0.25) is 0 Å². The minimum absolute atomic E-state index is 0.0257. The van der Waals surface area contributed by atoms with Crippen LogP contribution in [0.4, 0.5) is 5.69 Å². The lowest BCUT2D eigenvalue weighted by Crippen LogP contribution is -2.40. The monoisotopic (exact) mass is 219 g/mol. The third kappa shape index (κ3) is 1.63. The molecule has 0 aromatic carbocycles. The molecular formula is C11H13N3O2. The Morgan fingerprint density at radius 1 is 1.50 bits per heavy atom. The van der Waals surface area contributed by atoms with E-state index in [1.165, 1.54) is 0 Å². The molecule has 0 saturated carbocycles. The number of amides is 1. The molecular weight excluding hydrogens is 206 g/mol. The van der Waals surface area contributed by atoms with Crippen molar-refractivity contribution < 1.29 is 9.53 Å². The summed E-state index contributed by atoms with van der Waals surface area (Å²) in [5.74, 6) is -0.0257. The SMILES string of the molecule is O=C1NCCc2ncc(NC3COC3)cc21. The number of pyridine rings is 1. The van der Waals surface area contributed by atoms with E-state index in [1.54, 1.807) is 6.20 Å². The standard InChI is InChI=1S/C11H13N3O2/c15-11-9-3-7(14-8-5-16-6-8)4-13-10(9)1-2-12-11/h3-4,8,14H,1-2,5-6H2,(H,12,15). The fraction of sp³-hybridized carbons (Fsp3) is 0.455. The Balaban J connectivity index is 1.84. The zero-order chi connectivity index (χ0) is 11.0. The Labute approximate surface area is 93.2 Å². The molecule has 2 aliphatic rings. The van der Waals surface area contributed by atoms with Crippen molar-refractivity contribution in [3.8, 4) is 0 Å². The van der Waals surface area contributed by atoms with Gasteiger partial charge in [0.1, 0.15) is 0 Å². The minimum Gasteiger partial charge on any atom is -0.377 e. The van der Waals surface area contributed by atoms with Gasteiger partial charge in [0, 0.05) is 13.0 Å². The molecule has 5 nitrogen and oxygen atoms in total. The summed E-state index contributed by atoms with van der Waals surface area (Å²) < 4.78 is 5.08. The summed E-state index contributed by atoms with van der Waals surface area (Å²) in [6.45, 7) is 2.13. The minimum atomic E-state index is -0.0257. The molecule has 0 bridgehead atoms. The van der Waals surface area contributed by atoms with Crippen LogP contribution in [0.1, 0.15) is 16.1 Å². The summed E-state index contributed by atoms with van der Waals surface area (Å²) in [4.78, 5) is 15.9. The van der Waals surface area contributed by atoms with Crippen LogP contribution in [0.5, 0.6) is 0 Å². The van der Waals surface area contributed by atoms with Gasteiger partial charge in [-0.15, -0.1) is 0 Å². The zero-order valence-corrected chi connectivity index (χ0v) is 8.82. The van der Waals surface area contributed by atoms with Gasteiger partial charge in [0.25, 0.3) is 5.91 Å². The summed E-state index contributed by atoms with van der Waals surface area (Å²) in [5.41, 5.74) is 2.47. The maximum absolute atomic E-state index is 11.6. The quantitative estimate of drug-likeness (QED) is 0.744. The number of rotatable bonds is 2. The largest absolute Gasteiger partial charge is 0.377 e. The summed E-state index contributed by atoms with van der Waals surface area (Å²) in [5, 5.41) is 6.10. The maximum Gasteiger partial charge on any atom is 0.253 e. The van der Waals surface area contributed by atoms with E-state index in [9.17, 15) is 4.79 Å². The first-order chi connectivity index (χ1) is 7.83. The van der Waals surface area contributed by atoms with Gasteiger partial charge in [-0.2, -0.15) is 0 Å². The number of fused-ring (bicyclic) bond motifs is 1. The van der Waals surface area contributed by atoms with E-state index in [0.717, 1.165) is 31.0 Å². The predicted octanol–water partition coefficient (Wildman–Crippen LogP) is 0.178. The number of hydrogen-bond donors (Lipinski definition) is 2. The number of ether oxygens (including phenoxy) is 1. The number of carbonyl (C=O) groups excluding carboxylic acids is 1. The fourth-order valence-electron chi connectivity index (χ4n) is 1.91. The van der Waals surface area contributed by atoms with Gasteiger partial charge in [-0.3, -0.25) is 9.78 Å². The molecule has 5 heteroatoms. The molecule has 0 radical (unpaired) electrons. The average molecular weight is 219 g/mol. The molecule has 1 aromatic rings. The lowest BCUT2D eigenvalue weighted by molar-refractivity contribution is 0.0211. The zero-order valence-electron chi connectivity index (χ0n) is 8.82. The van der Waals surface area contributed by atoms with E-state index in [4.69, 9.17) is 4.74 Å². The summed E-state index contributed by atoms with van der Waals surface area (Å²) >= 11 is 0. The van der Waals surface area contributed by atoms with Crippen LogP contribution >= 0.6 is 0 Å². The number of nitrogens with one attached hydrogen (secondary N) is 2. The molecule has 1 fully saturated rings. The highest BCUT2D eigenvalue weighted by molar-refractivity contribution is 5.97. The van der Waals surface area contributed by atoms with Crippen molar-refractivity contribution in [3.05, 3.63) is 23.5 Å². The van der Waals surface area contributed by atoms with Crippen molar-refractivity contribution in [2.24, 2.45) is 0 Å².